The third-order valence-electron chi connectivity index (χ3n) is 5.71. The largest absolute Gasteiger partial charge is 0.350 e. The van der Waals surface area contributed by atoms with E-state index < -0.39 is 21.5 Å². The van der Waals surface area contributed by atoms with Crippen molar-refractivity contribution >= 4 is 33.4 Å². The molecule has 32 heavy (non-hydrogen) atoms. The van der Waals surface area contributed by atoms with Crippen LogP contribution in [0.1, 0.15) is 24.5 Å². The molecule has 0 spiro atoms. The average Bonchev–Trinajstić information content (AvgIpc) is 2.75. The lowest BCUT2D eigenvalue weighted by molar-refractivity contribution is -0.152. The molecular weight excluding hydrogens is 450 g/mol. The van der Waals surface area contributed by atoms with Crippen molar-refractivity contribution < 1.29 is 18.0 Å². The van der Waals surface area contributed by atoms with E-state index in [1.165, 1.54) is 4.90 Å². The fourth-order valence-electron chi connectivity index (χ4n) is 3.86. The third kappa shape index (κ3) is 5.88. The van der Waals surface area contributed by atoms with Crippen molar-refractivity contribution in [1.29, 1.82) is 0 Å². The molecule has 2 aromatic carbocycles. The number of halogens is 1. The minimum atomic E-state index is -3.63. The molecule has 1 fully saturated rings. The van der Waals surface area contributed by atoms with Crippen molar-refractivity contribution in [1.82, 2.24) is 14.5 Å². The number of rotatable bonds is 8. The van der Waals surface area contributed by atoms with Gasteiger partial charge in [-0.2, -0.15) is 4.31 Å². The first-order chi connectivity index (χ1) is 15.1. The van der Waals surface area contributed by atoms with Gasteiger partial charge in [0.2, 0.25) is 21.8 Å². The summed E-state index contributed by atoms with van der Waals surface area (Å²) in [6.45, 7) is 1.88. The summed E-state index contributed by atoms with van der Waals surface area (Å²) in [6, 6.07) is 17.0. The number of carbonyl (C=O) groups is 2. The number of piperazine rings is 1. The Bertz CT molecular complexity index is 1060. The standard InChI is InChI=1S/C23H28ClN3O4S/c1-23(22(29)25-15-19-10-12-20(24)13-11-19)17-26(32(2,30)31)16-21(28)27(23)14-6-9-18-7-4-3-5-8-18/h3-5,7-8,10-13H,6,9,14-17H2,1-2H3,(H,25,29)/t23-/m1/s1. The Morgan fingerprint density at radius 2 is 1.75 bits per heavy atom. The van der Waals surface area contributed by atoms with E-state index in [1.54, 1.807) is 31.2 Å². The first kappa shape index (κ1) is 24.2. The summed E-state index contributed by atoms with van der Waals surface area (Å²) < 4.78 is 25.4. The lowest BCUT2D eigenvalue weighted by Gasteiger charge is -2.46. The van der Waals surface area contributed by atoms with Crippen LogP contribution in [0, 0.1) is 0 Å². The normalized spacial score (nSPS) is 19.7. The molecule has 0 saturated carbocycles. The maximum absolute atomic E-state index is 13.3. The molecule has 0 bridgehead atoms. The predicted octanol–water partition coefficient (Wildman–Crippen LogP) is 2.45. The van der Waals surface area contributed by atoms with Gasteiger partial charge in [-0.3, -0.25) is 9.59 Å². The topological polar surface area (TPSA) is 86.8 Å². The van der Waals surface area contributed by atoms with Gasteiger partial charge in [-0.05, 0) is 43.0 Å². The first-order valence-electron chi connectivity index (χ1n) is 10.4. The van der Waals surface area contributed by atoms with Crippen LogP contribution in [0.4, 0.5) is 0 Å². The van der Waals surface area contributed by atoms with E-state index in [-0.39, 0.29) is 25.5 Å². The minimum Gasteiger partial charge on any atom is -0.350 e. The van der Waals surface area contributed by atoms with Crippen LogP contribution in [0.25, 0.3) is 0 Å². The van der Waals surface area contributed by atoms with E-state index in [9.17, 15) is 18.0 Å². The van der Waals surface area contributed by atoms with Crippen LogP contribution in [-0.2, 0) is 32.6 Å². The number of nitrogens with one attached hydrogen (secondary N) is 1. The van der Waals surface area contributed by atoms with Gasteiger partial charge in [0, 0.05) is 24.7 Å². The van der Waals surface area contributed by atoms with Crippen LogP contribution in [-0.4, -0.2) is 60.9 Å². The quantitative estimate of drug-likeness (QED) is 0.632. The van der Waals surface area contributed by atoms with Crippen LogP contribution in [0.3, 0.4) is 0 Å². The van der Waals surface area contributed by atoms with E-state index in [1.807, 2.05) is 30.3 Å². The smallest absolute Gasteiger partial charge is 0.247 e. The number of hydrogen-bond donors (Lipinski definition) is 1. The molecule has 172 valence electrons. The van der Waals surface area contributed by atoms with E-state index in [4.69, 9.17) is 11.6 Å². The van der Waals surface area contributed by atoms with Crippen LogP contribution >= 0.6 is 11.6 Å². The highest BCUT2D eigenvalue weighted by molar-refractivity contribution is 7.88. The van der Waals surface area contributed by atoms with Crippen LogP contribution in [0.5, 0.6) is 0 Å². The third-order valence-corrected chi connectivity index (χ3v) is 7.16. The van der Waals surface area contributed by atoms with Gasteiger partial charge in [0.05, 0.1) is 12.8 Å². The summed E-state index contributed by atoms with van der Waals surface area (Å²) in [6.07, 6.45) is 2.47. The van der Waals surface area contributed by atoms with E-state index >= 15 is 0 Å². The SMILES string of the molecule is C[C@]1(C(=O)NCc2ccc(Cl)cc2)CN(S(C)(=O)=O)CC(=O)N1CCCc1ccccc1. The minimum absolute atomic E-state index is 0.0879. The monoisotopic (exact) mass is 477 g/mol. The zero-order valence-corrected chi connectivity index (χ0v) is 19.8. The van der Waals surface area contributed by atoms with Crippen molar-refractivity contribution in [3.63, 3.8) is 0 Å². The Labute approximate surface area is 194 Å². The Balaban J connectivity index is 1.76. The van der Waals surface area contributed by atoms with Crippen molar-refractivity contribution in [2.45, 2.75) is 31.8 Å². The fourth-order valence-corrected chi connectivity index (χ4v) is 4.81. The van der Waals surface area contributed by atoms with Crippen molar-refractivity contribution in [2.24, 2.45) is 0 Å². The molecule has 7 nitrogen and oxygen atoms in total. The highest BCUT2D eigenvalue weighted by Crippen LogP contribution is 2.25. The number of benzene rings is 2. The Kier molecular flexibility index (Phi) is 7.59. The predicted molar refractivity (Wildman–Crippen MR) is 125 cm³/mol. The van der Waals surface area contributed by atoms with Gasteiger partial charge >= 0.3 is 0 Å². The van der Waals surface area contributed by atoms with E-state index in [2.05, 4.69) is 5.32 Å². The lowest BCUT2D eigenvalue weighted by Crippen LogP contribution is -2.69. The van der Waals surface area contributed by atoms with Crippen molar-refractivity contribution in [3.8, 4) is 0 Å². The summed E-state index contributed by atoms with van der Waals surface area (Å²) in [5, 5.41) is 3.46. The van der Waals surface area contributed by atoms with E-state index in [0.717, 1.165) is 28.1 Å². The van der Waals surface area contributed by atoms with Crippen LogP contribution in [0.15, 0.2) is 54.6 Å². The second kappa shape index (κ2) is 10.0. The second-order valence-electron chi connectivity index (χ2n) is 8.25. The number of aryl methyl sites for hydroxylation is 1. The second-order valence-corrected chi connectivity index (χ2v) is 10.7. The summed E-state index contributed by atoms with van der Waals surface area (Å²) >= 11 is 5.91. The fraction of sp³-hybridized carbons (Fsp3) is 0.391. The molecule has 3 rings (SSSR count). The Hall–Kier alpha value is -2.42. The molecule has 1 saturated heterocycles. The average molecular weight is 478 g/mol. The highest BCUT2D eigenvalue weighted by Gasteiger charge is 2.49. The molecule has 1 N–H and O–H groups in total. The van der Waals surface area contributed by atoms with Crippen molar-refractivity contribution in [3.05, 3.63) is 70.7 Å². The van der Waals surface area contributed by atoms with Crippen LogP contribution < -0.4 is 5.32 Å². The Morgan fingerprint density at radius 1 is 1.09 bits per heavy atom. The molecule has 1 aliphatic rings. The molecule has 0 radical (unpaired) electrons. The molecule has 1 atom stereocenters. The summed E-state index contributed by atoms with van der Waals surface area (Å²) in [5.74, 6) is -0.771. The number of amides is 2. The van der Waals surface area contributed by atoms with Crippen molar-refractivity contribution in [2.75, 3.05) is 25.9 Å². The number of nitrogens with zero attached hydrogens (tertiary/aromatic N) is 2. The highest BCUT2D eigenvalue weighted by atomic mass is 35.5. The van der Waals surface area contributed by atoms with E-state index in [0.29, 0.717) is 18.0 Å². The molecule has 0 aromatic heterocycles. The van der Waals surface area contributed by atoms with Gasteiger partial charge in [0.25, 0.3) is 0 Å². The molecule has 0 aliphatic carbocycles. The summed E-state index contributed by atoms with van der Waals surface area (Å²) in [5.41, 5.74) is 0.675. The maximum Gasteiger partial charge on any atom is 0.247 e. The first-order valence-corrected chi connectivity index (χ1v) is 12.6. The van der Waals surface area contributed by atoms with Crippen LogP contribution in [0.2, 0.25) is 5.02 Å². The molecule has 9 heteroatoms. The molecule has 1 heterocycles. The zero-order chi connectivity index (χ0) is 23.4. The van der Waals surface area contributed by atoms with Gasteiger partial charge in [0.15, 0.2) is 0 Å². The molecular formula is C23H28ClN3O4S. The zero-order valence-electron chi connectivity index (χ0n) is 18.3. The van der Waals surface area contributed by atoms with Gasteiger partial charge in [0.1, 0.15) is 5.54 Å². The maximum atomic E-state index is 13.3. The molecule has 0 unspecified atom stereocenters. The summed E-state index contributed by atoms with van der Waals surface area (Å²) in [4.78, 5) is 27.7. The van der Waals surface area contributed by atoms with Gasteiger partial charge in [-0.1, -0.05) is 54.1 Å². The van der Waals surface area contributed by atoms with Gasteiger partial charge in [-0.15, -0.1) is 0 Å². The summed E-state index contributed by atoms with van der Waals surface area (Å²) in [7, 11) is -3.63. The number of sulfonamides is 1. The molecule has 1 aliphatic heterocycles. The van der Waals surface area contributed by atoms with Gasteiger partial charge < -0.3 is 10.2 Å². The number of hydrogen-bond acceptors (Lipinski definition) is 4. The lowest BCUT2D eigenvalue weighted by atomic mass is 9.94. The number of carbonyl (C=O) groups excluding carboxylic acids is 2. The Morgan fingerprint density at radius 3 is 2.38 bits per heavy atom. The van der Waals surface area contributed by atoms with Gasteiger partial charge in [-0.25, -0.2) is 8.42 Å². The molecule has 2 aromatic rings. The molecule has 2 amide bonds.